The molecule has 4 aromatic rings. The molecule has 5 heteroatoms. The molecule has 1 unspecified atom stereocenters. The Morgan fingerprint density at radius 3 is 2.50 bits per heavy atom. The van der Waals surface area contributed by atoms with Crippen LogP contribution in [0.15, 0.2) is 79.0 Å². The van der Waals surface area contributed by atoms with Crippen molar-refractivity contribution in [1.82, 2.24) is 9.97 Å². The number of rotatable bonds is 6. The maximum absolute atomic E-state index is 5.40. The smallest absolute Gasteiger partial charge is 0.223 e. The number of fused-ring (bicyclic) bond motifs is 3. The van der Waals surface area contributed by atoms with E-state index in [1.165, 1.54) is 22.3 Å². The number of hydrogen-bond acceptors (Lipinski definition) is 5. The molecular weight excluding hydrogens is 398 g/mol. The van der Waals surface area contributed by atoms with Crippen LogP contribution in [0.25, 0.3) is 11.3 Å². The first-order valence-electron chi connectivity index (χ1n) is 10.7. The summed E-state index contributed by atoms with van der Waals surface area (Å²) in [6.07, 6.45) is 2.86. The van der Waals surface area contributed by atoms with Gasteiger partial charge in [0, 0.05) is 24.2 Å². The average molecular weight is 424 g/mol. The molecule has 0 bridgehead atoms. The SMILES string of the molecule is COc1ccc(CNc2ncc3c(n2)-c2ccccc2C(c2ccccc2)C3)cc1OC. The van der Waals surface area contributed by atoms with Gasteiger partial charge in [-0.25, -0.2) is 9.97 Å². The third-order valence-corrected chi connectivity index (χ3v) is 5.98. The maximum Gasteiger partial charge on any atom is 0.223 e. The minimum atomic E-state index is 0.314. The number of ether oxygens (including phenoxy) is 2. The van der Waals surface area contributed by atoms with Crippen molar-refractivity contribution in [1.29, 1.82) is 0 Å². The lowest BCUT2D eigenvalue weighted by molar-refractivity contribution is 0.354. The van der Waals surface area contributed by atoms with E-state index in [4.69, 9.17) is 14.5 Å². The van der Waals surface area contributed by atoms with Crippen LogP contribution >= 0.6 is 0 Å². The number of anilines is 1. The number of benzene rings is 3. The molecule has 0 fully saturated rings. The lowest BCUT2D eigenvalue weighted by Gasteiger charge is -2.27. The van der Waals surface area contributed by atoms with Crippen molar-refractivity contribution in [2.75, 3.05) is 19.5 Å². The third-order valence-electron chi connectivity index (χ3n) is 5.98. The molecule has 1 atom stereocenters. The minimum Gasteiger partial charge on any atom is -0.493 e. The zero-order chi connectivity index (χ0) is 21.9. The molecule has 1 N–H and O–H groups in total. The van der Waals surface area contributed by atoms with E-state index in [2.05, 4.69) is 64.9 Å². The second kappa shape index (κ2) is 8.71. The largest absolute Gasteiger partial charge is 0.493 e. The Morgan fingerprint density at radius 1 is 0.906 bits per heavy atom. The molecule has 5 nitrogen and oxygen atoms in total. The lowest BCUT2D eigenvalue weighted by atomic mass is 9.78. The van der Waals surface area contributed by atoms with Crippen molar-refractivity contribution in [2.24, 2.45) is 0 Å². The number of hydrogen-bond donors (Lipinski definition) is 1. The monoisotopic (exact) mass is 423 g/mol. The van der Waals surface area contributed by atoms with Gasteiger partial charge in [0.2, 0.25) is 5.95 Å². The van der Waals surface area contributed by atoms with E-state index in [-0.39, 0.29) is 0 Å². The highest BCUT2D eigenvalue weighted by atomic mass is 16.5. The van der Waals surface area contributed by atoms with Gasteiger partial charge in [-0.2, -0.15) is 0 Å². The van der Waals surface area contributed by atoms with Crippen LogP contribution in [0.1, 0.15) is 28.2 Å². The average Bonchev–Trinajstić information content (AvgIpc) is 2.87. The first-order valence-corrected chi connectivity index (χ1v) is 10.7. The standard InChI is InChI=1S/C27H25N3O2/c1-31-24-13-12-18(14-25(24)32-2)16-28-27-29-17-20-15-23(19-8-4-3-5-9-19)21-10-6-7-11-22(21)26(20)30-27/h3-14,17,23H,15-16H2,1-2H3,(H,28,29,30). The summed E-state index contributed by atoms with van der Waals surface area (Å²) >= 11 is 0. The van der Waals surface area contributed by atoms with Crippen LogP contribution in [-0.4, -0.2) is 24.2 Å². The second-order valence-electron chi connectivity index (χ2n) is 7.86. The number of nitrogens with one attached hydrogen (secondary N) is 1. The van der Waals surface area contributed by atoms with Gasteiger partial charge in [0.05, 0.1) is 19.9 Å². The molecule has 0 aliphatic heterocycles. The Balaban J connectivity index is 1.42. The Kier molecular flexibility index (Phi) is 5.46. The van der Waals surface area contributed by atoms with Gasteiger partial charge in [0.25, 0.3) is 0 Å². The van der Waals surface area contributed by atoms with Crippen molar-refractivity contribution in [2.45, 2.75) is 18.9 Å². The predicted molar refractivity (Wildman–Crippen MR) is 126 cm³/mol. The van der Waals surface area contributed by atoms with Crippen LogP contribution in [0.3, 0.4) is 0 Å². The van der Waals surface area contributed by atoms with E-state index < -0.39 is 0 Å². The highest BCUT2D eigenvalue weighted by Crippen LogP contribution is 2.41. The molecule has 0 radical (unpaired) electrons. The zero-order valence-electron chi connectivity index (χ0n) is 18.2. The van der Waals surface area contributed by atoms with Crippen LogP contribution in [0.5, 0.6) is 11.5 Å². The van der Waals surface area contributed by atoms with Gasteiger partial charge < -0.3 is 14.8 Å². The second-order valence-corrected chi connectivity index (χ2v) is 7.86. The molecule has 32 heavy (non-hydrogen) atoms. The molecule has 1 aromatic heterocycles. The number of methoxy groups -OCH3 is 2. The Morgan fingerprint density at radius 2 is 1.69 bits per heavy atom. The van der Waals surface area contributed by atoms with Crippen molar-refractivity contribution in [3.8, 4) is 22.8 Å². The summed E-state index contributed by atoms with van der Waals surface area (Å²) in [5, 5.41) is 3.35. The molecule has 0 saturated heterocycles. The summed E-state index contributed by atoms with van der Waals surface area (Å²) in [5.74, 6) is 2.35. The van der Waals surface area contributed by atoms with Gasteiger partial charge in [0.1, 0.15) is 0 Å². The van der Waals surface area contributed by atoms with Crippen molar-refractivity contribution >= 4 is 5.95 Å². The molecule has 1 heterocycles. The van der Waals surface area contributed by atoms with Crippen molar-refractivity contribution < 1.29 is 9.47 Å². The predicted octanol–water partition coefficient (Wildman–Crippen LogP) is 5.46. The summed E-state index contributed by atoms with van der Waals surface area (Å²) in [6, 6.07) is 25.1. The van der Waals surface area contributed by atoms with Crippen LogP contribution in [0.2, 0.25) is 0 Å². The highest BCUT2D eigenvalue weighted by molar-refractivity contribution is 5.72. The van der Waals surface area contributed by atoms with Crippen LogP contribution < -0.4 is 14.8 Å². The van der Waals surface area contributed by atoms with Gasteiger partial charge in [-0.15, -0.1) is 0 Å². The van der Waals surface area contributed by atoms with Gasteiger partial charge in [-0.1, -0.05) is 60.7 Å². The van der Waals surface area contributed by atoms with Crippen LogP contribution in [0, 0.1) is 0 Å². The summed E-state index contributed by atoms with van der Waals surface area (Å²) in [6.45, 7) is 0.591. The van der Waals surface area contributed by atoms with Crippen LogP contribution in [-0.2, 0) is 13.0 Å². The van der Waals surface area contributed by atoms with E-state index >= 15 is 0 Å². The van der Waals surface area contributed by atoms with Gasteiger partial charge in [-0.3, -0.25) is 0 Å². The fraction of sp³-hybridized carbons (Fsp3) is 0.185. The summed E-state index contributed by atoms with van der Waals surface area (Å²) in [5.41, 5.74) is 7.07. The van der Waals surface area contributed by atoms with Crippen LogP contribution in [0.4, 0.5) is 5.95 Å². The quantitative estimate of drug-likeness (QED) is 0.446. The first-order chi connectivity index (χ1) is 15.8. The lowest BCUT2D eigenvalue weighted by Crippen LogP contribution is -2.15. The van der Waals surface area contributed by atoms with Gasteiger partial charge >= 0.3 is 0 Å². The fourth-order valence-electron chi connectivity index (χ4n) is 4.38. The molecule has 0 saturated carbocycles. The molecule has 160 valence electrons. The van der Waals surface area contributed by atoms with Crippen molar-refractivity contribution in [3.63, 3.8) is 0 Å². The Labute approximate surface area is 188 Å². The fourth-order valence-corrected chi connectivity index (χ4v) is 4.38. The van der Waals surface area contributed by atoms with E-state index in [9.17, 15) is 0 Å². The van der Waals surface area contributed by atoms with Gasteiger partial charge in [-0.05, 0) is 40.8 Å². The Bertz CT molecular complexity index is 1240. The minimum absolute atomic E-state index is 0.314. The topological polar surface area (TPSA) is 56.3 Å². The van der Waals surface area contributed by atoms with E-state index in [1.54, 1.807) is 14.2 Å². The normalized spacial score (nSPS) is 14.2. The molecule has 0 amide bonds. The van der Waals surface area contributed by atoms with E-state index in [1.807, 2.05) is 24.4 Å². The molecule has 5 rings (SSSR count). The summed E-state index contributed by atoms with van der Waals surface area (Å²) < 4.78 is 10.7. The van der Waals surface area contributed by atoms with Gasteiger partial charge in [0.15, 0.2) is 11.5 Å². The first kappa shape index (κ1) is 20.1. The highest BCUT2D eigenvalue weighted by Gasteiger charge is 2.27. The molecule has 1 aliphatic rings. The van der Waals surface area contributed by atoms with E-state index in [0.717, 1.165) is 17.7 Å². The zero-order valence-corrected chi connectivity index (χ0v) is 18.2. The third kappa shape index (κ3) is 3.78. The number of aromatic nitrogens is 2. The molecule has 0 spiro atoms. The van der Waals surface area contributed by atoms with Crippen molar-refractivity contribution in [3.05, 3.63) is 101 Å². The summed E-state index contributed by atoms with van der Waals surface area (Å²) in [4.78, 5) is 9.50. The summed E-state index contributed by atoms with van der Waals surface area (Å²) in [7, 11) is 3.28. The van der Waals surface area contributed by atoms with E-state index in [0.29, 0.717) is 29.9 Å². The maximum atomic E-state index is 5.40. The Hall–Kier alpha value is -3.86. The molecule has 3 aromatic carbocycles. The molecule has 1 aliphatic carbocycles. The molecular formula is C27H25N3O2. The number of nitrogens with zero attached hydrogens (tertiary/aromatic N) is 2.